The first-order chi connectivity index (χ1) is 8.61. The maximum Gasteiger partial charge on any atom is 0.283 e. The third kappa shape index (κ3) is 2.68. The van der Waals surface area contributed by atoms with Crippen LogP contribution in [0.5, 0.6) is 0 Å². The molecule has 2 aromatic rings. The molecule has 2 rings (SSSR count). The molecule has 0 saturated carbocycles. The van der Waals surface area contributed by atoms with Crippen molar-refractivity contribution in [1.82, 2.24) is 15.0 Å². The maximum atomic E-state index is 10.7. The van der Waals surface area contributed by atoms with Crippen molar-refractivity contribution in [2.45, 2.75) is 6.42 Å². The number of hydrogen-bond donors (Lipinski definition) is 0. The van der Waals surface area contributed by atoms with Crippen LogP contribution in [-0.4, -0.2) is 25.8 Å². The molecule has 0 unspecified atom stereocenters. The quantitative estimate of drug-likeness (QED) is 0.490. The molecule has 1 aromatic heterocycles. The first-order valence-electron chi connectivity index (χ1n) is 5.03. The molecule has 0 amide bonds. The monoisotopic (exact) mass is 330 g/mol. The summed E-state index contributed by atoms with van der Waals surface area (Å²) in [7, 11) is 0. The van der Waals surface area contributed by atoms with Crippen molar-refractivity contribution in [1.29, 1.82) is 0 Å². The Morgan fingerprint density at radius 2 is 2.28 bits per heavy atom. The Bertz CT molecular complexity index is 587. The van der Waals surface area contributed by atoms with Gasteiger partial charge in [-0.15, -0.1) is 16.7 Å². The van der Waals surface area contributed by atoms with Crippen molar-refractivity contribution in [3.05, 3.63) is 44.7 Å². The highest BCUT2D eigenvalue weighted by Gasteiger charge is 2.13. The molecule has 0 N–H and O–H groups in total. The third-order valence-electron chi connectivity index (χ3n) is 2.28. The molecule has 0 aliphatic heterocycles. The van der Waals surface area contributed by atoms with Gasteiger partial charge in [0.25, 0.3) is 5.69 Å². The predicted molar refractivity (Wildman–Crippen MR) is 70.1 cm³/mol. The number of halogens is 2. The summed E-state index contributed by atoms with van der Waals surface area (Å²) in [5, 5.41) is 18.6. The summed E-state index contributed by atoms with van der Waals surface area (Å²) in [6, 6.07) is 4.65. The molecule has 8 heteroatoms. The highest BCUT2D eigenvalue weighted by Crippen LogP contribution is 2.26. The largest absolute Gasteiger partial charge is 0.283 e. The first-order valence-corrected chi connectivity index (χ1v) is 6.36. The molecule has 0 atom stereocenters. The number of aryl methyl sites for hydroxylation is 1. The summed E-state index contributed by atoms with van der Waals surface area (Å²) in [6.45, 7) is 0. The van der Waals surface area contributed by atoms with Crippen LogP contribution in [0.15, 0.2) is 28.9 Å². The second-order valence-corrected chi connectivity index (χ2v) is 4.72. The van der Waals surface area contributed by atoms with Gasteiger partial charge in [-0.2, -0.15) is 0 Å². The van der Waals surface area contributed by atoms with Gasteiger partial charge in [0, 0.05) is 18.4 Å². The van der Waals surface area contributed by atoms with E-state index < -0.39 is 4.92 Å². The Hall–Kier alpha value is -1.47. The topological polar surface area (TPSA) is 73.8 Å². The highest BCUT2D eigenvalue weighted by molar-refractivity contribution is 9.10. The normalized spacial score (nSPS) is 10.6. The summed E-state index contributed by atoms with van der Waals surface area (Å²) in [6.07, 6.45) is 2.38. The Labute approximate surface area is 116 Å². The van der Waals surface area contributed by atoms with Crippen LogP contribution in [0, 0.1) is 10.1 Å². The van der Waals surface area contributed by atoms with E-state index in [0.717, 1.165) is 5.69 Å². The number of nitro groups is 1. The lowest BCUT2D eigenvalue weighted by Gasteiger charge is -2.01. The van der Waals surface area contributed by atoms with E-state index in [1.54, 1.807) is 23.0 Å². The van der Waals surface area contributed by atoms with Crippen molar-refractivity contribution in [3.63, 3.8) is 0 Å². The first kappa shape index (κ1) is 13.0. The second-order valence-electron chi connectivity index (χ2n) is 3.49. The molecule has 0 bridgehead atoms. The van der Waals surface area contributed by atoms with E-state index in [0.29, 0.717) is 22.5 Å². The van der Waals surface area contributed by atoms with Crippen LogP contribution in [0.3, 0.4) is 0 Å². The van der Waals surface area contributed by atoms with Crippen molar-refractivity contribution in [2.24, 2.45) is 0 Å². The van der Waals surface area contributed by atoms with Gasteiger partial charge in [-0.05, 0) is 28.1 Å². The fourth-order valence-electron chi connectivity index (χ4n) is 1.42. The van der Waals surface area contributed by atoms with Crippen LogP contribution < -0.4 is 0 Å². The van der Waals surface area contributed by atoms with Gasteiger partial charge in [-0.3, -0.25) is 10.1 Å². The number of hydrogen-bond acceptors (Lipinski definition) is 4. The van der Waals surface area contributed by atoms with Gasteiger partial charge in [0.05, 0.1) is 27.0 Å². The average molecular weight is 332 g/mol. The van der Waals surface area contributed by atoms with Gasteiger partial charge in [-0.25, -0.2) is 4.68 Å². The molecule has 0 fully saturated rings. The maximum absolute atomic E-state index is 10.7. The van der Waals surface area contributed by atoms with Crippen LogP contribution in [0.25, 0.3) is 5.69 Å². The van der Waals surface area contributed by atoms with Crippen molar-refractivity contribution < 1.29 is 4.92 Å². The molecule has 1 heterocycles. The second kappa shape index (κ2) is 5.45. The van der Waals surface area contributed by atoms with Crippen LogP contribution in [0.4, 0.5) is 5.69 Å². The summed E-state index contributed by atoms with van der Waals surface area (Å²) in [5.41, 5.74) is 1.49. The zero-order valence-corrected chi connectivity index (χ0v) is 11.4. The Morgan fingerprint density at radius 1 is 1.50 bits per heavy atom. The van der Waals surface area contributed by atoms with E-state index in [-0.39, 0.29) is 5.69 Å². The Morgan fingerprint density at radius 3 is 2.89 bits per heavy atom. The third-order valence-corrected chi connectivity index (χ3v) is 3.11. The lowest BCUT2D eigenvalue weighted by Crippen LogP contribution is -1.96. The SMILES string of the molecule is O=[N+]([O-])c1ccc(-n2cc(CCCl)nn2)cc1Br. The summed E-state index contributed by atoms with van der Waals surface area (Å²) >= 11 is 8.77. The molecular weight excluding hydrogens is 323 g/mol. The highest BCUT2D eigenvalue weighted by atomic mass is 79.9. The molecule has 18 heavy (non-hydrogen) atoms. The molecule has 1 aromatic carbocycles. The van der Waals surface area contributed by atoms with E-state index in [1.165, 1.54) is 6.07 Å². The number of alkyl halides is 1. The lowest BCUT2D eigenvalue weighted by atomic mass is 10.3. The Balaban J connectivity index is 2.33. The molecule has 0 aliphatic carbocycles. The molecule has 94 valence electrons. The number of aromatic nitrogens is 3. The molecule has 0 spiro atoms. The Kier molecular flexibility index (Phi) is 3.93. The summed E-state index contributed by atoms with van der Waals surface area (Å²) in [5.74, 6) is 0.475. The van der Waals surface area contributed by atoms with E-state index in [1.807, 2.05) is 0 Å². The standard InChI is InChI=1S/C10H8BrClN4O2/c11-9-5-8(1-2-10(9)16(17)18)15-6-7(3-4-12)13-14-15/h1-2,5-6H,3-4H2. The van der Waals surface area contributed by atoms with E-state index in [9.17, 15) is 10.1 Å². The van der Waals surface area contributed by atoms with Crippen molar-refractivity contribution >= 4 is 33.2 Å². The summed E-state index contributed by atoms with van der Waals surface area (Å²) in [4.78, 5) is 10.2. The van der Waals surface area contributed by atoms with Crippen LogP contribution in [0.2, 0.25) is 0 Å². The average Bonchev–Trinajstić information content (AvgIpc) is 2.77. The van der Waals surface area contributed by atoms with E-state index in [2.05, 4.69) is 26.2 Å². The minimum atomic E-state index is -0.450. The minimum Gasteiger partial charge on any atom is -0.258 e. The molecular formula is C10H8BrClN4O2. The number of nitrogens with zero attached hydrogens (tertiary/aromatic N) is 4. The van der Waals surface area contributed by atoms with Gasteiger partial charge in [0.2, 0.25) is 0 Å². The zero-order chi connectivity index (χ0) is 13.1. The number of benzene rings is 1. The van der Waals surface area contributed by atoms with Gasteiger partial charge in [-0.1, -0.05) is 5.21 Å². The fraction of sp³-hybridized carbons (Fsp3) is 0.200. The van der Waals surface area contributed by atoms with Crippen molar-refractivity contribution in [3.8, 4) is 5.69 Å². The van der Waals surface area contributed by atoms with Gasteiger partial charge in [0.1, 0.15) is 0 Å². The zero-order valence-electron chi connectivity index (χ0n) is 9.08. The van der Waals surface area contributed by atoms with E-state index >= 15 is 0 Å². The smallest absolute Gasteiger partial charge is 0.258 e. The van der Waals surface area contributed by atoms with Crippen LogP contribution in [0.1, 0.15) is 5.69 Å². The lowest BCUT2D eigenvalue weighted by molar-refractivity contribution is -0.385. The molecule has 0 radical (unpaired) electrons. The van der Waals surface area contributed by atoms with Gasteiger partial charge < -0.3 is 0 Å². The van der Waals surface area contributed by atoms with E-state index in [4.69, 9.17) is 11.6 Å². The van der Waals surface area contributed by atoms with Gasteiger partial charge >= 0.3 is 0 Å². The molecule has 0 aliphatic rings. The number of nitro benzene ring substituents is 1. The number of rotatable bonds is 4. The minimum absolute atomic E-state index is 0.0137. The predicted octanol–water partition coefficient (Wildman–Crippen LogP) is 2.72. The van der Waals surface area contributed by atoms with Crippen LogP contribution in [-0.2, 0) is 6.42 Å². The molecule has 0 saturated heterocycles. The van der Waals surface area contributed by atoms with Gasteiger partial charge in [0.15, 0.2) is 0 Å². The van der Waals surface area contributed by atoms with Crippen LogP contribution >= 0.6 is 27.5 Å². The fourth-order valence-corrected chi connectivity index (χ4v) is 2.13. The van der Waals surface area contributed by atoms with Crippen molar-refractivity contribution in [2.75, 3.05) is 5.88 Å². The summed E-state index contributed by atoms with van der Waals surface area (Å²) < 4.78 is 1.95. The molecule has 6 nitrogen and oxygen atoms in total.